The van der Waals surface area contributed by atoms with Crippen molar-refractivity contribution in [2.24, 2.45) is 0 Å². The summed E-state index contributed by atoms with van der Waals surface area (Å²) < 4.78 is 10.8. The lowest BCUT2D eigenvalue weighted by atomic mass is 10.2. The molecule has 0 fully saturated rings. The molecule has 0 atom stereocenters. The summed E-state index contributed by atoms with van der Waals surface area (Å²) in [5.41, 5.74) is 1.57. The smallest absolute Gasteiger partial charge is 0.265 e. The molecule has 0 radical (unpaired) electrons. The minimum atomic E-state index is -0.183. The number of hydrogen-bond donors (Lipinski definition) is 1. The summed E-state index contributed by atoms with van der Waals surface area (Å²) in [6.45, 7) is 0.419. The molecule has 0 bridgehead atoms. The molecule has 1 aromatic heterocycles. The van der Waals surface area contributed by atoms with Crippen LogP contribution >= 0.6 is 22.9 Å². The van der Waals surface area contributed by atoms with E-state index >= 15 is 0 Å². The third kappa shape index (κ3) is 4.53. The molecule has 0 unspecified atom stereocenters. The lowest BCUT2D eigenvalue weighted by molar-refractivity contribution is 0.103. The number of nitrogens with one attached hydrogen (secondary N) is 1. The van der Waals surface area contributed by atoms with Gasteiger partial charge in [-0.15, -0.1) is 11.3 Å². The third-order valence-corrected chi connectivity index (χ3v) is 4.71. The van der Waals surface area contributed by atoms with E-state index in [4.69, 9.17) is 21.1 Å². The zero-order valence-corrected chi connectivity index (χ0v) is 15.1. The number of amides is 1. The molecule has 4 nitrogen and oxygen atoms in total. The van der Waals surface area contributed by atoms with Gasteiger partial charge in [0.25, 0.3) is 5.91 Å². The minimum absolute atomic E-state index is 0.183. The first-order valence-corrected chi connectivity index (χ1v) is 8.81. The number of thiophene rings is 1. The fraction of sp³-hybridized carbons (Fsp3) is 0.105. The molecular weight excluding hydrogens is 358 g/mol. The van der Waals surface area contributed by atoms with E-state index in [1.165, 1.54) is 11.3 Å². The second-order valence-corrected chi connectivity index (χ2v) is 6.54. The van der Waals surface area contributed by atoms with Crippen molar-refractivity contribution in [3.05, 3.63) is 75.4 Å². The van der Waals surface area contributed by atoms with Gasteiger partial charge in [0.15, 0.2) is 0 Å². The normalized spacial score (nSPS) is 10.3. The molecule has 6 heteroatoms. The van der Waals surface area contributed by atoms with E-state index in [2.05, 4.69) is 5.32 Å². The maximum atomic E-state index is 12.4. The van der Waals surface area contributed by atoms with Crippen molar-refractivity contribution in [3.63, 3.8) is 0 Å². The molecular formula is C19H16ClNO3S. The topological polar surface area (TPSA) is 47.6 Å². The van der Waals surface area contributed by atoms with Crippen LogP contribution in [0.25, 0.3) is 0 Å². The minimum Gasteiger partial charge on any atom is -0.495 e. The van der Waals surface area contributed by atoms with Gasteiger partial charge in [-0.2, -0.15) is 0 Å². The number of ether oxygens (including phenoxy) is 2. The van der Waals surface area contributed by atoms with E-state index in [-0.39, 0.29) is 5.91 Å². The number of carbonyl (C=O) groups excluding carboxylic acids is 1. The number of halogens is 1. The predicted octanol–water partition coefficient (Wildman–Crippen LogP) is 5.24. The number of para-hydroxylation sites is 1. The van der Waals surface area contributed by atoms with Crippen LogP contribution in [0.3, 0.4) is 0 Å². The summed E-state index contributed by atoms with van der Waals surface area (Å²) in [5.74, 6) is 1.18. The molecule has 0 spiro atoms. The summed E-state index contributed by atoms with van der Waals surface area (Å²) in [4.78, 5) is 13.0. The van der Waals surface area contributed by atoms with Crippen molar-refractivity contribution < 1.29 is 14.3 Å². The molecule has 128 valence electrons. The third-order valence-electron chi connectivity index (χ3n) is 3.44. The van der Waals surface area contributed by atoms with Gasteiger partial charge in [-0.3, -0.25) is 4.79 Å². The average Bonchev–Trinajstić information content (AvgIpc) is 3.10. The monoisotopic (exact) mass is 373 g/mol. The Bertz CT molecular complexity index is 864. The Hall–Kier alpha value is -2.50. The first-order valence-electron chi connectivity index (χ1n) is 7.56. The Kier molecular flexibility index (Phi) is 5.58. The standard InChI is InChI=1S/C19H16ClNO3S/c1-23-17-8-7-14(10-16(17)20)21-19(22)18-9-13(12-25-18)11-24-15-5-3-2-4-6-15/h2-10,12H,11H2,1H3,(H,21,22). The highest BCUT2D eigenvalue weighted by Gasteiger charge is 2.11. The number of hydrogen-bond acceptors (Lipinski definition) is 4. The second-order valence-electron chi connectivity index (χ2n) is 5.22. The summed E-state index contributed by atoms with van der Waals surface area (Å²) in [6.07, 6.45) is 0. The molecule has 3 aromatic rings. The van der Waals surface area contributed by atoms with E-state index in [9.17, 15) is 4.79 Å². The molecule has 1 heterocycles. The van der Waals surface area contributed by atoms with E-state index in [1.54, 1.807) is 25.3 Å². The van der Waals surface area contributed by atoms with E-state index < -0.39 is 0 Å². The maximum Gasteiger partial charge on any atom is 0.265 e. The van der Waals surface area contributed by atoms with Crippen LogP contribution < -0.4 is 14.8 Å². The summed E-state index contributed by atoms with van der Waals surface area (Å²) in [7, 11) is 1.55. The molecule has 0 aliphatic carbocycles. The predicted molar refractivity (Wildman–Crippen MR) is 101 cm³/mol. The van der Waals surface area contributed by atoms with Crippen LogP contribution in [0.4, 0.5) is 5.69 Å². The average molecular weight is 374 g/mol. The van der Waals surface area contributed by atoms with Crippen molar-refractivity contribution in [3.8, 4) is 11.5 Å². The van der Waals surface area contributed by atoms with Gasteiger partial charge in [0.2, 0.25) is 0 Å². The Balaban J connectivity index is 1.61. The molecule has 25 heavy (non-hydrogen) atoms. The van der Waals surface area contributed by atoms with Gasteiger partial charge in [0, 0.05) is 11.3 Å². The summed E-state index contributed by atoms with van der Waals surface area (Å²) >= 11 is 7.45. The first-order chi connectivity index (χ1) is 12.2. The van der Waals surface area contributed by atoms with Crippen molar-refractivity contribution in [1.29, 1.82) is 0 Å². The van der Waals surface area contributed by atoms with Gasteiger partial charge in [-0.05, 0) is 41.8 Å². The Morgan fingerprint density at radius 2 is 1.96 bits per heavy atom. The molecule has 0 saturated carbocycles. The van der Waals surface area contributed by atoms with Gasteiger partial charge < -0.3 is 14.8 Å². The van der Waals surface area contributed by atoms with Crippen LogP contribution in [0.5, 0.6) is 11.5 Å². The number of carbonyl (C=O) groups is 1. The second kappa shape index (κ2) is 8.05. The zero-order valence-electron chi connectivity index (χ0n) is 13.5. The van der Waals surface area contributed by atoms with Crippen LogP contribution in [0.1, 0.15) is 15.2 Å². The molecule has 2 aromatic carbocycles. The fourth-order valence-electron chi connectivity index (χ4n) is 2.19. The number of benzene rings is 2. The molecule has 0 aliphatic heterocycles. The first kappa shape index (κ1) is 17.3. The highest BCUT2D eigenvalue weighted by atomic mass is 35.5. The van der Waals surface area contributed by atoms with Crippen LogP contribution in [-0.4, -0.2) is 13.0 Å². The van der Waals surface area contributed by atoms with Crippen molar-refractivity contribution in [1.82, 2.24) is 0 Å². The van der Waals surface area contributed by atoms with Crippen molar-refractivity contribution in [2.45, 2.75) is 6.61 Å². The van der Waals surface area contributed by atoms with Gasteiger partial charge in [-0.25, -0.2) is 0 Å². The largest absolute Gasteiger partial charge is 0.495 e. The maximum absolute atomic E-state index is 12.4. The summed E-state index contributed by atoms with van der Waals surface area (Å²) in [5, 5.41) is 5.19. The highest BCUT2D eigenvalue weighted by molar-refractivity contribution is 7.12. The number of methoxy groups -OCH3 is 1. The van der Waals surface area contributed by atoms with Crippen molar-refractivity contribution >= 4 is 34.5 Å². The van der Waals surface area contributed by atoms with Gasteiger partial charge in [0.1, 0.15) is 18.1 Å². The molecule has 0 aliphatic rings. The molecule has 3 rings (SSSR count). The van der Waals surface area contributed by atoms with Crippen LogP contribution in [0, 0.1) is 0 Å². The van der Waals surface area contributed by atoms with Crippen LogP contribution in [0.15, 0.2) is 60.0 Å². The number of rotatable bonds is 6. The number of anilines is 1. The van der Waals surface area contributed by atoms with Gasteiger partial charge in [0.05, 0.1) is 17.0 Å². The summed E-state index contributed by atoms with van der Waals surface area (Å²) in [6, 6.07) is 16.5. The molecule has 1 amide bonds. The Labute approximate surface area is 155 Å². The Morgan fingerprint density at radius 3 is 2.68 bits per heavy atom. The quantitative estimate of drug-likeness (QED) is 0.642. The van der Waals surface area contributed by atoms with Crippen LogP contribution in [-0.2, 0) is 6.61 Å². The van der Waals surface area contributed by atoms with E-state index in [0.717, 1.165) is 11.3 Å². The lowest BCUT2D eigenvalue weighted by Gasteiger charge is -2.07. The van der Waals surface area contributed by atoms with Crippen LogP contribution in [0.2, 0.25) is 5.02 Å². The van der Waals surface area contributed by atoms with E-state index in [0.29, 0.717) is 27.9 Å². The Morgan fingerprint density at radius 1 is 1.16 bits per heavy atom. The van der Waals surface area contributed by atoms with E-state index in [1.807, 2.05) is 41.8 Å². The highest BCUT2D eigenvalue weighted by Crippen LogP contribution is 2.28. The lowest BCUT2D eigenvalue weighted by Crippen LogP contribution is -2.10. The molecule has 1 N–H and O–H groups in total. The van der Waals surface area contributed by atoms with Crippen molar-refractivity contribution in [2.75, 3.05) is 12.4 Å². The zero-order chi connectivity index (χ0) is 17.6. The molecule has 0 saturated heterocycles. The van der Waals surface area contributed by atoms with Gasteiger partial charge in [-0.1, -0.05) is 29.8 Å². The van der Waals surface area contributed by atoms with Gasteiger partial charge >= 0.3 is 0 Å². The SMILES string of the molecule is COc1ccc(NC(=O)c2cc(COc3ccccc3)cs2)cc1Cl. The fourth-order valence-corrected chi connectivity index (χ4v) is 3.24.